The summed E-state index contributed by atoms with van der Waals surface area (Å²) >= 11 is 0. The van der Waals surface area contributed by atoms with Crippen molar-refractivity contribution < 1.29 is 4.79 Å². The van der Waals surface area contributed by atoms with Crippen LogP contribution in [0.25, 0.3) is 0 Å². The van der Waals surface area contributed by atoms with Gasteiger partial charge in [0.15, 0.2) is 0 Å². The lowest BCUT2D eigenvalue weighted by Crippen LogP contribution is -2.53. The van der Waals surface area contributed by atoms with E-state index in [2.05, 4.69) is 34.6 Å². The molecule has 4 rings (SSSR count). The third kappa shape index (κ3) is 3.41. The van der Waals surface area contributed by atoms with E-state index < -0.39 is 0 Å². The molecule has 0 amide bonds. The van der Waals surface area contributed by atoms with E-state index in [-0.39, 0.29) is 0 Å². The molecule has 4 saturated carbocycles. The number of Topliss-reactive ketones (excluding diaryl/α,β-unsaturated/α-hetero) is 1. The fraction of sp³-hybridized carbons (Fsp3) is 0.963. The summed E-state index contributed by atoms with van der Waals surface area (Å²) in [5.41, 5.74) is 1.07. The van der Waals surface area contributed by atoms with Crippen molar-refractivity contribution >= 4 is 5.78 Å². The Hall–Kier alpha value is -0.330. The number of fused-ring (bicyclic) bond motifs is 5. The van der Waals surface area contributed by atoms with Crippen molar-refractivity contribution in [3.05, 3.63) is 0 Å². The van der Waals surface area contributed by atoms with Crippen LogP contribution in [-0.2, 0) is 4.79 Å². The first-order chi connectivity index (χ1) is 13.3. The molecule has 4 aliphatic carbocycles. The summed E-state index contributed by atoms with van der Waals surface area (Å²) in [7, 11) is 0. The third-order valence-electron chi connectivity index (χ3n) is 10.7. The van der Waals surface area contributed by atoms with Gasteiger partial charge in [0, 0.05) is 12.8 Å². The van der Waals surface area contributed by atoms with Gasteiger partial charge >= 0.3 is 0 Å². The van der Waals surface area contributed by atoms with Crippen molar-refractivity contribution in [1.82, 2.24) is 0 Å². The van der Waals surface area contributed by atoms with Crippen LogP contribution in [0, 0.1) is 52.3 Å². The Balaban J connectivity index is 1.47. The van der Waals surface area contributed by atoms with E-state index in [1.807, 2.05) is 0 Å². The fourth-order valence-corrected chi connectivity index (χ4v) is 9.07. The third-order valence-corrected chi connectivity index (χ3v) is 10.7. The molecule has 0 aromatic heterocycles. The van der Waals surface area contributed by atoms with Gasteiger partial charge in [-0.2, -0.15) is 0 Å². The highest BCUT2D eigenvalue weighted by atomic mass is 16.1. The van der Waals surface area contributed by atoms with Gasteiger partial charge in [-0.25, -0.2) is 0 Å². The molecular formula is C27H46O. The Bertz CT molecular complexity index is 579. The van der Waals surface area contributed by atoms with Crippen LogP contribution in [0.15, 0.2) is 0 Å². The Kier molecular flexibility index (Phi) is 5.78. The molecule has 0 aromatic rings. The molecule has 4 aliphatic rings. The molecule has 28 heavy (non-hydrogen) atoms. The van der Waals surface area contributed by atoms with E-state index in [0.29, 0.717) is 22.5 Å². The van der Waals surface area contributed by atoms with Crippen molar-refractivity contribution in [2.24, 2.45) is 52.3 Å². The molecule has 0 aliphatic heterocycles. The minimum atomic E-state index is 0.471. The molecule has 0 bridgehead atoms. The van der Waals surface area contributed by atoms with Crippen molar-refractivity contribution in [1.29, 1.82) is 0 Å². The average molecular weight is 387 g/mol. The molecule has 1 heteroatoms. The largest absolute Gasteiger partial charge is 0.300 e. The van der Waals surface area contributed by atoms with Crippen LogP contribution < -0.4 is 0 Å². The van der Waals surface area contributed by atoms with E-state index in [4.69, 9.17) is 0 Å². The summed E-state index contributed by atoms with van der Waals surface area (Å²) in [6.07, 6.45) is 15.9. The smallest absolute Gasteiger partial charge is 0.133 e. The molecule has 5 unspecified atom stereocenters. The minimum Gasteiger partial charge on any atom is -0.300 e. The zero-order chi connectivity index (χ0) is 20.1. The van der Waals surface area contributed by atoms with E-state index >= 15 is 0 Å². The Morgan fingerprint density at radius 3 is 2.39 bits per heavy atom. The molecule has 0 spiro atoms. The van der Waals surface area contributed by atoms with E-state index in [1.165, 1.54) is 64.2 Å². The highest BCUT2D eigenvalue weighted by molar-refractivity contribution is 5.79. The second-order valence-electron chi connectivity index (χ2n) is 12.4. The summed E-state index contributed by atoms with van der Waals surface area (Å²) in [5.74, 6) is 6.82. The molecule has 0 radical (unpaired) electrons. The summed E-state index contributed by atoms with van der Waals surface area (Å²) in [4.78, 5) is 12.1. The van der Waals surface area contributed by atoms with Crippen LogP contribution in [0.5, 0.6) is 0 Å². The van der Waals surface area contributed by atoms with Crippen LogP contribution in [0.3, 0.4) is 0 Å². The number of hydrogen-bond acceptors (Lipinski definition) is 1. The van der Waals surface area contributed by atoms with E-state index in [9.17, 15) is 4.79 Å². The summed E-state index contributed by atoms with van der Waals surface area (Å²) in [6.45, 7) is 12.6. The lowest BCUT2D eigenvalue weighted by Gasteiger charge is -2.60. The predicted molar refractivity (Wildman–Crippen MR) is 118 cm³/mol. The molecule has 1 nitrogen and oxygen atoms in total. The normalized spacial score (nSPS) is 46.8. The Morgan fingerprint density at radius 1 is 0.893 bits per heavy atom. The van der Waals surface area contributed by atoms with Crippen molar-refractivity contribution in [2.45, 2.75) is 112 Å². The second kappa shape index (κ2) is 7.73. The summed E-state index contributed by atoms with van der Waals surface area (Å²) in [6, 6.07) is 0. The molecule has 0 saturated heterocycles. The van der Waals surface area contributed by atoms with Crippen LogP contribution in [0.4, 0.5) is 0 Å². The molecule has 0 aromatic carbocycles. The van der Waals surface area contributed by atoms with Gasteiger partial charge in [-0.1, -0.05) is 53.9 Å². The summed E-state index contributed by atoms with van der Waals surface area (Å²) in [5, 5.41) is 0. The zero-order valence-electron chi connectivity index (χ0n) is 19.4. The van der Waals surface area contributed by atoms with Gasteiger partial charge in [-0.05, 0) is 97.2 Å². The maximum Gasteiger partial charge on any atom is 0.133 e. The van der Waals surface area contributed by atoms with Gasteiger partial charge in [0.2, 0.25) is 0 Å². The topological polar surface area (TPSA) is 17.1 Å². The Labute approximate surface area is 174 Å². The maximum absolute atomic E-state index is 12.1. The SMILES string of the molecule is CC(C)CCCC(C)C1CCC2[C@@H]3CCC4CC(=O)CC[C@]4(C)C3CC[C@]12C. The lowest BCUT2D eigenvalue weighted by atomic mass is 9.44. The van der Waals surface area contributed by atoms with Gasteiger partial charge in [-0.15, -0.1) is 0 Å². The first-order valence-corrected chi connectivity index (χ1v) is 12.8. The standard InChI is InChI=1S/C27H46O/c1-18(2)7-6-8-19(3)23-11-12-24-22-10-9-20-17-21(28)13-15-26(20,4)25(22)14-16-27(23,24)5/h18-20,22-25H,6-17H2,1-5H3/t19?,20?,22-,23?,24?,25?,26-,27+/m0/s1. The molecule has 0 N–H and O–H groups in total. The average Bonchev–Trinajstić information content (AvgIpc) is 2.99. The quantitative estimate of drug-likeness (QED) is 0.473. The number of ketones is 1. The number of hydrogen-bond donors (Lipinski definition) is 0. The van der Waals surface area contributed by atoms with Gasteiger partial charge in [0.25, 0.3) is 0 Å². The van der Waals surface area contributed by atoms with Crippen molar-refractivity contribution in [3.8, 4) is 0 Å². The van der Waals surface area contributed by atoms with Crippen LogP contribution in [0.2, 0.25) is 0 Å². The molecular weight excluding hydrogens is 340 g/mol. The number of rotatable bonds is 5. The number of carbonyl (C=O) groups is 1. The highest BCUT2D eigenvalue weighted by Crippen LogP contribution is 2.68. The van der Waals surface area contributed by atoms with Crippen LogP contribution >= 0.6 is 0 Å². The van der Waals surface area contributed by atoms with Crippen molar-refractivity contribution in [2.75, 3.05) is 0 Å². The van der Waals surface area contributed by atoms with Gasteiger partial charge < -0.3 is 0 Å². The maximum atomic E-state index is 12.1. The molecule has 160 valence electrons. The lowest BCUT2D eigenvalue weighted by molar-refractivity contribution is -0.140. The first-order valence-electron chi connectivity index (χ1n) is 12.8. The first kappa shape index (κ1) is 20.9. The fourth-order valence-electron chi connectivity index (χ4n) is 9.07. The van der Waals surface area contributed by atoms with E-state index in [0.717, 1.165) is 48.3 Å². The van der Waals surface area contributed by atoms with Crippen molar-refractivity contribution in [3.63, 3.8) is 0 Å². The second-order valence-corrected chi connectivity index (χ2v) is 12.4. The van der Waals surface area contributed by atoms with Crippen LogP contribution in [0.1, 0.15) is 112 Å². The molecule has 8 atom stereocenters. The van der Waals surface area contributed by atoms with Gasteiger partial charge in [-0.3, -0.25) is 4.79 Å². The monoisotopic (exact) mass is 386 g/mol. The minimum absolute atomic E-state index is 0.471. The Morgan fingerprint density at radius 2 is 1.64 bits per heavy atom. The molecule has 4 fully saturated rings. The van der Waals surface area contributed by atoms with Crippen LogP contribution in [-0.4, -0.2) is 5.78 Å². The highest BCUT2D eigenvalue weighted by Gasteiger charge is 2.60. The van der Waals surface area contributed by atoms with Gasteiger partial charge in [0.05, 0.1) is 0 Å². The zero-order valence-corrected chi connectivity index (χ0v) is 19.4. The predicted octanol–water partition coefficient (Wildman–Crippen LogP) is 7.68. The molecule has 0 heterocycles. The number of carbonyl (C=O) groups excluding carboxylic acids is 1. The van der Waals surface area contributed by atoms with E-state index in [1.54, 1.807) is 0 Å². The summed E-state index contributed by atoms with van der Waals surface area (Å²) < 4.78 is 0. The van der Waals surface area contributed by atoms with Gasteiger partial charge in [0.1, 0.15) is 5.78 Å².